The Bertz CT molecular complexity index is 2860. The average molecular weight is 1040 g/mol. The minimum absolute atomic E-state index is 0.0270. The zero-order chi connectivity index (χ0) is 52.7. The molecule has 2 saturated heterocycles. The van der Waals surface area contributed by atoms with Crippen LogP contribution in [-0.2, 0) is 32.3 Å². The second-order valence-corrected chi connectivity index (χ2v) is 21.7. The van der Waals surface area contributed by atoms with E-state index in [1.54, 1.807) is 62.7 Å². The number of anilines is 1. The molecule has 0 radical (unpaired) electrons. The summed E-state index contributed by atoms with van der Waals surface area (Å²) in [6.07, 6.45) is 3.61. The third-order valence-corrected chi connectivity index (χ3v) is 14.9. The molecule has 2 aromatic heterocycles. The van der Waals surface area contributed by atoms with Gasteiger partial charge in [-0.05, 0) is 125 Å². The van der Waals surface area contributed by atoms with Gasteiger partial charge in [0, 0.05) is 61.0 Å². The first-order chi connectivity index (χ1) is 35.3. The van der Waals surface area contributed by atoms with E-state index in [1.165, 1.54) is 29.1 Å². The van der Waals surface area contributed by atoms with E-state index >= 15 is 0 Å². The van der Waals surface area contributed by atoms with Crippen molar-refractivity contribution < 1.29 is 43.0 Å². The number of hydrogen-bond acceptors (Lipinski definition) is 12. The number of ether oxygens (including phenoxy) is 1. The van der Waals surface area contributed by atoms with Gasteiger partial charge >= 0.3 is 0 Å². The number of amides is 6. The van der Waals surface area contributed by atoms with E-state index < -0.39 is 47.0 Å². The zero-order valence-electron chi connectivity index (χ0n) is 42.6. The van der Waals surface area contributed by atoms with Gasteiger partial charge in [-0.1, -0.05) is 32.9 Å². The fraction of sp³-hybridized carbons (Fsp3) is 0.481. The van der Waals surface area contributed by atoms with Crippen molar-refractivity contribution in [2.24, 2.45) is 5.41 Å². The van der Waals surface area contributed by atoms with Crippen LogP contribution in [0.2, 0.25) is 0 Å². The molecule has 18 nitrogen and oxygen atoms in total. The quantitative estimate of drug-likeness (QED) is 0.0425. The lowest BCUT2D eigenvalue weighted by atomic mass is 9.85. The molecule has 3 aromatic carbocycles. The number of imidazole rings is 1. The van der Waals surface area contributed by atoms with Crippen molar-refractivity contribution in [1.82, 2.24) is 46.0 Å². The number of aliphatic hydroxyl groups excluding tert-OH is 1. The summed E-state index contributed by atoms with van der Waals surface area (Å²) in [5.74, 6) is -1.62. The highest BCUT2D eigenvalue weighted by Crippen LogP contribution is 2.40. The predicted molar refractivity (Wildman–Crippen MR) is 279 cm³/mol. The van der Waals surface area contributed by atoms with Crippen molar-refractivity contribution in [2.75, 3.05) is 38.1 Å². The first-order valence-corrected chi connectivity index (χ1v) is 26.3. The molecule has 5 aromatic rings. The minimum Gasteiger partial charge on any atom is -0.483 e. The lowest BCUT2D eigenvalue weighted by Crippen LogP contribution is -2.59. The van der Waals surface area contributed by atoms with Crippen molar-refractivity contribution in [1.29, 1.82) is 0 Å². The summed E-state index contributed by atoms with van der Waals surface area (Å²) >= 11 is 1.45. The summed E-state index contributed by atoms with van der Waals surface area (Å²) in [6, 6.07) is 15.9. The van der Waals surface area contributed by atoms with Gasteiger partial charge in [-0.25, -0.2) is 14.4 Å². The molecule has 3 aliphatic rings. The number of thiazole rings is 1. The highest BCUT2D eigenvalue weighted by atomic mass is 32.1. The van der Waals surface area contributed by atoms with E-state index in [1.807, 2.05) is 31.2 Å². The summed E-state index contributed by atoms with van der Waals surface area (Å²) in [4.78, 5) is 96.4. The lowest BCUT2D eigenvalue weighted by Gasteiger charge is -2.35. The second-order valence-electron chi connectivity index (χ2n) is 20.8. The number of H-pyrrole nitrogens is 1. The summed E-state index contributed by atoms with van der Waals surface area (Å²) in [5.41, 5.74) is 4.27. The number of carbonyl (C=O) groups excluding carboxylic acids is 6. The highest BCUT2D eigenvalue weighted by Gasteiger charge is 2.53. The van der Waals surface area contributed by atoms with E-state index in [9.17, 15) is 38.3 Å². The number of aryl methyl sites for hydroxylation is 1. The van der Waals surface area contributed by atoms with Crippen LogP contribution in [-0.4, -0.2) is 128 Å². The number of alkyl halides is 1. The largest absolute Gasteiger partial charge is 0.483 e. The number of carbonyl (C=O) groups is 6. The van der Waals surface area contributed by atoms with Crippen LogP contribution in [0.3, 0.4) is 0 Å². The van der Waals surface area contributed by atoms with Gasteiger partial charge in [-0.2, -0.15) is 0 Å². The first-order valence-electron chi connectivity index (χ1n) is 25.5. The maximum Gasteiger partial charge on any atom is 0.258 e. The number of aromatic nitrogens is 3. The number of halogens is 1. The molecular formula is C54H67FN10O8S. The summed E-state index contributed by atoms with van der Waals surface area (Å²) < 4.78 is 20.7. The Balaban J connectivity index is 0.765. The molecule has 74 heavy (non-hydrogen) atoms. The summed E-state index contributed by atoms with van der Waals surface area (Å²) in [5, 5.41) is 24.8. The highest BCUT2D eigenvalue weighted by molar-refractivity contribution is 7.13. The molecule has 3 fully saturated rings. The summed E-state index contributed by atoms with van der Waals surface area (Å²) in [7, 11) is 0. The molecule has 4 atom stereocenters. The number of aliphatic hydroxyl groups is 1. The zero-order valence-corrected chi connectivity index (χ0v) is 43.5. The molecule has 0 spiro atoms. The van der Waals surface area contributed by atoms with E-state index in [0.717, 1.165) is 52.5 Å². The van der Waals surface area contributed by atoms with Gasteiger partial charge in [0.25, 0.3) is 23.6 Å². The number of nitrogens with one attached hydrogen (secondary N) is 6. The molecule has 394 valence electrons. The first kappa shape index (κ1) is 53.5. The van der Waals surface area contributed by atoms with Gasteiger partial charge in [0.15, 0.2) is 12.3 Å². The molecule has 1 aliphatic carbocycles. The summed E-state index contributed by atoms with van der Waals surface area (Å²) in [6.45, 7) is 11.5. The van der Waals surface area contributed by atoms with E-state index in [-0.39, 0.29) is 56.7 Å². The number of hydrogen-bond donors (Lipinski definition) is 7. The van der Waals surface area contributed by atoms with Crippen LogP contribution < -0.4 is 31.3 Å². The van der Waals surface area contributed by atoms with E-state index in [2.05, 4.69) is 48.4 Å². The minimum atomic E-state index is -2.00. The third kappa shape index (κ3) is 13.3. The number of nitrogens with zero attached hydrogens (tertiary/aromatic N) is 4. The molecule has 8 rings (SSSR count). The van der Waals surface area contributed by atoms with Crippen molar-refractivity contribution in [3.8, 4) is 16.2 Å². The Morgan fingerprint density at radius 2 is 1.68 bits per heavy atom. The van der Waals surface area contributed by atoms with Crippen molar-refractivity contribution in [3.05, 3.63) is 94.4 Å². The molecule has 0 unspecified atom stereocenters. The maximum atomic E-state index is 14.6. The Morgan fingerprint density at radius 3 is 2.35 bits per heavy atom. The van der Waals surface area contributed by atoms with Crippen LogP contribution in [0.5, 0.6) is 5.75 Å². The van der Waals surface area contributed by atoms with Crippen molar-refractivity contribution in [3.63, 3.8) is 0 Å². The van der Waals surface area contributed by atoms with Gasteiger partial charge < -0.3 is 46.3 Å². The number of aromatic amines is 1. The monoisotopic (exact) mass is 1030 g/mol. The standard InChI is InChI=1S/C54H67FN10O8S/c1-32-10-9-23-64(32)29-44-61-40-18-17-38(25-41(40)62-44)60-49(69)35-13-11-34(12-14-35)48(68)57-22-8-6-7-21-56-45(67)30-73-43-24-36(46-33(2)59-31-74-46)15-16-37(43)27-58-50(70)42-26-39(66)28-65(42)51(71)47(53(3,4)5)63-52(72)54(55)19-20-54/h11-18,24-25,31-32,39,42,47,66H,6-10,19-23,26-30H2,1-5H3,(H,56,67)(H,57,68)(H,58,70)(H,60,69)(H,61,62)(H,63,72)/t32-,39+,42-,47+/m0/s1. The molecule has 20 heteroatoms. The van der Waals surface area contributed by atoms with Gasteiger partial charge in [0.2, 0.25) is 11.8 Å². The van der Waals surface area contributed by atoms with Crippen molar-refractivity contribution in [2.45, 2.75) is 129 Å². The molecule has 0 bridgehead atoms. The van der Waals surface area contributed by atoms with Crippen LogP contribution in [0, 0.1) is 12.3 Å². The Morgan fingerprint density at radius 1 is 0.946 bits per heavy atom. The fourth-order valence-electron chi connectivity index (χ4n) is 9.33. The molecule has 6 amide bonds. The molecular weight excluding hydrogens is 968 g/mol. The van der Waals surface area contributed by atoms with Gasteiger partial charge in [0.1, 0.15) is 23.7 Å². The number of fused-ring (bicyclic) bond motifs is 1. The van der Waals surface area contributed by atoms with Gasteiger partial charge in [-0.15, -0.1) is 11.3 Å². The lowest BCUT2D eigenvalue weighted by molar-refractivity contribution is -0.145. The second kappa shape index (κ2) is 23.2. The van der Waals surface area contributed by atoms with Gasteiger partial charge in [-0.3, -0.25) is 33.7 Å². The van der Waals surface area contributed by atoms with Crippen LogP contribution >= 0.6 is 11.3 Å². The number of β-amino-alcohol motifs (C(OH)–C–C–N with tert-alkyl or cyclic N) is 1. The Labute approximate surface area is 434 Å². The number of benzene rings is 3. The predicted octanol–water partition coefficient (Wildman–Crippen LogP) is 5.94. The van der Waals surface area contributed by atoms with Crippen molar-refractivity contribution >= 4 is 63.5 Å². The van der Waals surface area contributed by atoms with Crippen LogP contribution in [0.4, 0.5) is 10.1 Å². The SMILES string of the molecule is Cc1ncsc1-c1ccc(CNC(=O)[C@@H]2C[C@@H](O)CN2C(=O)[C@@H](NC(=O)C2(F)CC2)C(C)(C)C)c(OCC(=O)NCCCCCNC(=O)c2ccc(C(=O)Nc3ccc4[nH]c(CN5CCC[C@@H]5C)nc4c3)cc2)c1. The fourth-order valence-corrected chi connectivity index (χ4v) is 10.1. The smallest absolute Gasteiger partial charge is 0.258 e. The molecule has 7 N–H and O–H groups in total. The maximum absolute atomic E-state index is 14.6. The molecule has 2 aliphatic heterocycles. The van der Waals surface area contributed by atoms with E-state index in [0.29, 0.717) is 60.1 Å². The van der Waals surface area contributed by atoms with Crippen LogP contribution in [0.15, 0.2) is 66.2 Å². The average Bonchev–Trinajstić information content (AvgIpc) is 3.76. The van der Waals surface area contributed by atoms with E-state index in [4.69, 9.17) is 9.72 Å². The normalized spacial score (nSPS) is 18.7. The Kier molecular flexibility index (Phi) is 16.8. The molecule has 1 saturated carbocycles. The number of unbranched alkanes of at least 4 members (excludes halogenated alkanes) is 2. The van der Waals surface area contributed by atoms with Gasteiger partial charge in [0.05, 0.1) is 39.8 Å². The van der Waals surface area contributed by atoms with Crippen LogP contribution in [0.25, 0.3) is 21.5 Å². The topological polar surface area (TPSA) is 240 Å². The van der Waals surface area contributed by atoms with Crippen LogP contribution in [0.1, 0.15) is 117 Å². The number of rotatable bonds is 21. The molecule has 4 heterocycles. The number of likely N-dealkylation sites (tertiary alicyclic amines) is 2. The third-order valence-electron chi connectivity index (χ3n) is 13.9. The Hall–Kier alpha value is -6.77.